The van der Waals surface area contributed by atoms with Gasteiger partial charge in [0.05, 0.1) is 11.2 Å². The van der Waals surface area contributed by atoms with Gasteiger partial charge in [0.1, 0.15) is 12.1 Å². The van der Waals surface area contributed by atoms with E-state index in [2.05, 4.69) is 20.4 Å². The predicted molar refractivity (Wildman–Crippen MR) is 79.4 cm³/mol. The molecular weight excluding hydrogens is 252 g/mol. The maximum absolute atomic E-state index is 5.76. The smallest absolute Gasteiger partial charge is 0.137 e. The van der Waals surface area contributed by atoms with Crippen LogP contribution in [0.25, 0.3) is 10.9 Å². The predicted octanol–water partition coefficient (Wildman–Crippen LogP) is 1.60. The Balaban J connectivity index is 1.74. The molecule has 0 aliphatic rings. The van der Waals surface area contributed by atoms with Gasteiger partial charge in [0.2, 0.25) is 0 Å². The van der Waals surface area contributed by atoms with E-state index in [4.69, 9.17) is 5.73 Å². The fraction of sp³-hybridized carbons (Fsp3) is 0.214. The lowest BCUT2D eigenvalue weighted by atomic mass is 10.2. The van der Waals surface area contributed by atoms with Gasteiger partial charge in [0, 0.05) is 37.3 Å². The van der Waals surface area contributed by atoms with Crippen molar-refractivity contribution in [2.24, 2.45) is 7.05 Å². The quantitative estimate of drug-likeness (QED) is 0.702. The second-order valence-corrected chi connectivity index (χ2v) is 4.66. The maximum atomic E-state index is 5.76. The van der Waals surface area contributed by atoms with Crippen LogP contribution in [-0.2, 0) is 13.5 Å². The highest BCUT2D eigenvalue weighted by Gasteiger charge is 2.04. The first-order valence-corrected chi connectivity index (χ1v) is 6.45. The molecule has 2 heterocycles. The average molecular weight is 268 g/mol. The number of rotatable bonds is 4. The second-order valence-electron chi connectivity index (χ2n) is 4.66. The molecule has 0 aliphatic carbocycles. The van der Waals surface area contributed by atoms with Crippen LogP contribution in [-0.4, -0.2) is 26.3 Å². The number of benzene rings is 1. The first-order chi connectivity index (χ1) is 9.72. The third-order valence-corrected chi connectivity index (χ3v) is 3.10. The minimum absolute atomic E-state index is 0.704. The third kappa shape index (κ3) is 2.54. The zero-order chi connectivity index (χ0) is 13.9. The van der Waals surface area contributed by atoms with Crippen molar-refractivity contribution in [1.29, 1.82) is 0 Å². The van der Waals surface area contributed by atoms with Crippen LogP contribution in [0.5, 0.6) is 0 Å². The highest BCUT2D eigenvalue weighted by Crippen LogP contribution is 2.21. The van der Waals surface area contributed by atoms with Gasteiger partial charge < -0.3 is 11.1 Å². The van der Waals surface area contributed by atoms with Crippen molar-refractivity contribution >= 4 is 22.4 Å². The maximum Gasteiger partial charge on any atom is 0.137 e. The molecule has 0 saturated heterocycles. The topological polar surface area (TPSA) is 81.7 Å². The summed E-state index contributed by atoms with van der Waals surface area (Å²) in [6.45, 7) is 0.771. The molecule has 0 amide bonds. The zero-order valence-electron chi connectivity index (χ0n) is 11.2. The number of hydrogen-bond acceptors (Lipinski definition) is 5. The molecule has 102 valence electrons. The number of nitrogens with zero attached hydrogens (tertiary/aromatic N) is 4. The van der Waals surface area contributed by atoms with Crippen molar-refractivity contribution in [3.63, 3.8) is 0 Å². The van der Waals surface area contributed by atoms with Crippen molar-refractivity contribution in [1.82, 2.24) is 19.7 Å². The van der Waals surface area contributed by atoms with Gasteiger partial charge in [-0.3, -0.25) is 4.68 Å². The summed E-state index contributed by atoms with van der Waals surface area (Å²) in [6, 6.07) is 7.66. The average Bonchev–Trinajstić information content (AvgIpc) is 2.84. The fourth-order valence-corrected chi connectivity index (χ4v) is 2.12. The highest BCUT2D eigenvalue weighted by molar-refractivity contribution is 5.90. The number of hydrogen-bond donors (Lipinski definition) is 2. The summed E-state index contributed by atoms with van der Waals surface area (Å²) in [6.07, 6.45) is 4.34. The summed E-state index contributed by atoms with van der Waals surface area (Å²) in [7, 11) is 1.92. The minimum Gasteiger partial charge on any atom is -0.399 e. The molecule has 0 saturated carbocycles. The van der Waals surface area contributed by atoms with E-state index in [9.17, 15) is 0 Å². The Hall–Kier alpha value is -2.63. The van der Waals surface area contributed by atoms with Crippen LogP contribution in [0.15, 0.2) is 36.8 Å². The molecule has 2 aromatic heterocycles. The number of aryl methyl sites for hydroxylation is 1. The lowest BCUT2D eigenvalue weighted by molar-refractivity contribution is 0.742. The van der Waals surface area contributed by atoms with E-state index < -0.39 is 0 Å². The molecule has 0 unspecified atom stereocenters. The van der Waals surface area contributed by atoms with Crippen molar-refractivity contribution in [3.05, 3.63) is 42.5 Å². The van der Waals surface area contributed by atoms with Gasteiger partial charge in [-0.25, -0.2) is 9.97 Å². The molecule has 6 heteroatoms. The summed E-state index contributed by atoms with van der Waals surface area (Å²) in [4.78, 5) is 8.51. The van der Waals surface area contributed by atoms with Crippen LogP contribution in [0.2, 0.25) is 0 Å². The first kappa shape index (κ1) is 12.4. The van der Waals surface area contributed by atoms with E-state index in [0.29, 0.717) is 5.69 Å². The largest absolute Gasteiger partial charge is 0.399 e. The number of nitrogens with two attached hydrogens (primary N) is 1. The Morgan fingerprint density at radius 3 is 2.95 bits per heavy atom. The van der Waals surface area contributed by atoms with E-state index in [1.165, 1.54) is 0 Å². The molecule has 0 aliphatic heterocycles. The van der Waals surface area contributed by atoms with Gasteiger partial charge in [0.15, 0.2) is 0 Å². The molecule has 0 radical (unpaired) electrons. The monoisotopic (exact) mass is 268 g/mol. The molecule has 3 N–H and O–H groups in total. The molecule has 0 bridgehead atoms. The van der Waals surface area contributed by atoms with Gasteiger partial charge in [-0.05, 0) is 24.3 Å². The summed E-state index contributed by atoms with van der Waals surface area (Å²) in [5, 5.41) is 8.64. The number of aromatic nitrogens is 4. The Morgan fingerprint density at radius 1 is 1.25 bits per heavy atom. The Morgan fingerprint density at radius 2 is 2.15 bits per heavy atom. The molecular formula is C14H16N6. The summed E-state index contributed by atoms with van der Waals surface area (Å²) >= 11 is 0. The summed E-state index contributed by atoms with van der Waals surface area (Å²) in [5.74, 6) is 0.825. The van der Waals surface area contributed by atoms with E-state index in [-0.39, 0.29) is 0 Å². The van der Waals surface area contributed by atoms with E-state index >= 15 is 0 Å². The molecule has 3 rings (SSSR count). The third-order valence-electron chi connectivity index (χ3n) is 3.10. The molecule has 20 heavy (non-hydrogen) atoms. The van der Waals surface area contributed by atoms with Crippen LogP contribution < -0.4 is 11.1 Å². The molecule has 0 atom stereocenters. The van der Waals surface area contributed by atoms with E-state index in [1.54, 1.807) is 11.0 Å². The molecule has 6 nitrogen and oxygen atoms in total. The van der Waals surface area contributed by atoms with Gasteiger partial charge >= 0.3 is 0 Å². The Kier molecular flexibility index (Phi) is 3.20. The number of anilines is 2. The minimum atomic E-state index is 0.704. The number of fused-ring (bicyclic) bond motifs is 1. The van der Waals surface area contributed by atoms with Gasteiger partial charge in [-0.15, -0.1) is 0 Å². The van der Waals surface area contributed by atoms with Gasteiger partial charge in [-0.2, -0.15) is 5.10 Å². The van der Waals surface area contributed by atoms with Gasteiger partial charge in [-0.1, -0.05) is 0 Å². The Bertz CT molecular complexity index is 733. The molecule has 1 aromatic carbocycles. The fourth-order valence-electron chi connectivity index (χ4n) is 2.12. The van der Waals surface area contributed by atoms with Crippen molar-refractivity contribution in [2.45, 2.75) is 6.42 Å². The lowest BCUT2D eigenvalue weighted by Gasteiger charge is -2.07. The standard InChI is InChI=1S/C14H16N6/c1-20-7-5-11(19-20)4-6-16-14-12-3-2-10(15)8-13(12)17-9-18-14/h2-3,5,7-9H,4,6,15H2,1H3,(H,16,17,18). The van der Waals surface area contributed by atoms with Crippen LogP contribution in [0, 0.1) is 0 Å². The van der Waals surface area contributed by atoms with E-state index in [0.717, 1.165) is 35.4 Å². The van der Waals surface area contributed by atoms with Crippen LogP contribution in [0.4, 0.5) is 11.5 Å². The number of nitrogen functional groups attached to an aromatic ring is 1. The molecule has 0 spiro atoms. The first-order valence-electron chi connectivity index (χ1n) is 6.45. The highest BCUT2D eigenvalue weighted by atomic mass is 15.2. The molecule has 3 aromatic rings. The van der Waals surface area contributed by atoms with Crippen molar-refractivity contribution in [2.75, 3.05) is 17.6 Å². The summed E-state index contributed by atoms with van der Waals surface area (Å²) < 4.78 is 1.80. The number of nitrogens with one attached hydrogen (secondary N) is 1. The van der Waals surface area contributed by atoms with Crippen molar-refractivity contribution < 1.29 is 0 Å². The van der Waals surface area contributed by atoms with E-state index in [1.807, 2.05) is 37.5 Å². The normalized spacial score (nSPS) is 10.8. The zero-order valence-corrected chi connectivity index (χ0v) is 11.2. The van der Waals surface area contributed by atoms with Crippen LogP contribution in [0.1, 0.15) is 5.69 Å². The van der Waals surface area contributed by atoms with Crippen LogP contribution >= 0.6 is 0 Å². The van der Waals surface area contributed by atoms with Crippen molar-refractivity contribution in [3.8, 4) is 0 Å². The Labute approximate surface area is 116 Å². The molecule has 0 fully saturated rings. The van der Waals surface area contributed by atoms with Crippen LogP contribution in [0.3, 0.4) is 0 Å². The summed E-state index contributed by atoms with van der Waals surface area (Å²) in [5.41, 5.74) is 8.37. The SMILES string of the molecule is Cn1ccc(CCNc2ncnc3cc(N)ccc23)n1. The van der Waals surface area contributed by atoms with Gasteiger partial charge in [0.25, 0.3) is 0 Å². The second kappa shape index (κ2) is 5.16. The lowest BCUT2D eigenvalue weighted by Crippen LogP contribution is -2.07.